The van der Waals surface area contributed by atoms with E-state index >= 15 is 0 Å². The molecule has 0 saturated carbocycles. The largest absolute Gasteiger partial charge is 0.497 e. The Hall–Kier alpha value is -1.92. The standard InChI is InChI=1S/C18H26N4O2/c1-14(2)22-12-17(19-20-22)18(23)9-11-21(13-18)10-8-15-4-6-16(24-3)7-5-15/h4-7,12,14,23H,8-11,13H2,1-3H3/t18-/m0/s1. The summed E-state index contributed by atoms with van der Waals surface area (Å²) >= 11 is 0. The van der Waals surface area contributed by atoms with Crippen molar-refractivity contribution in [3.63, 3.8) is 0 Å². The van der Waals surface area contributed by atoms with Crippen LogP contribution in [0.2, 0.25) is 0 Å². The number of hydrogen-bond acceptors (Lipinski definition) is 5. The zero-order valence-electron chi connectivity index (χ0n) is 14.6. The highest BCUT2D eigenvalue weighted by Crippen LogP contribution is 2.30. The van der Waals surface area contributed by atoms with Gasteiger partial charge in [0.1, 0.15) is 17.0 Å². The second kappa shape index (κ2) is 6.91. The minimum atomic E-state index is -0.882. The van der Waals surface area contributed by atoms with Crippen LogP contribution >= 0.6 is 0 Å². The van der Waals surface area contributed by atoms with Crippen LogP contribution in [0.4, 0.5) is 0 Å². The number of ether oxygens (including phenoxy) is 1. The van der Waals surface area contributed by atoms with E-state index in [1.807, 2.05) is 18.3 Å². The number of benzene rings is 1. The Morgan fingerprint density at radius 3 is 2.67 bits per heavy atom. The van der Waals surface area contributed by atoms with E-state index in [0.29, 0.717) is 18.7 Å². The van der Waals surface area contributed by atoms with Gasteiger partial charge in [-0.15, -0.1) is 5.10 Å². The van der Waals surface area contributed by atoms with Crippen LogP contribution in [0, 0.1) is 0 Å². The van der Waals surface area contributed by atoms with E-state index in [1.54, 1.807) is 11.8 Å². The molecule has 1 atom stereocenters. The van der Waals surface area contributed by atoms with Crippen LogP contribution in [0.3, 0.4) is 0 Å². The van der Waals surface area contributed by atoms with Gasteiger partial charge in [-0.05, 0) is 44.4 Å². The van der Waals surface area contributed by atoms with Crippen molar-refractivity contribution >= 4 is 0 Å². The lowest BCUT2D eigenvalue weighted by Gasteiger charge is -2.21. The molecule has 3 rings (SSSR count). The molecule has 1 aromatic carbocycles. The SMILES string of the molecule is COc1ccc(CCN2CC[C@@](O)(c3cn(C(C)C)nn3)C2)cc1. The first-order chi connectivity index (χ1) is 11.5. The van der Waals surface area contributed by atoms with Gasteiger partial charge in [0, 0.05) is 25.7 Å². The van der Waals surface area contributed by atoms with Crippen molar-refractivity contribution in [1.29, 1.82) is 0 Å². The Bertz CT molecular complexity index is 668. The molecule has 1 fully saturated rings. The number of β-amino-alcohol motifs (C(OH)–C–C–N with tert-alkyl or cyclic N) is 1. The third kappa shape index (κ3) is 3.60. The lowest BCUT2D eigenvalue weighted by molar-refractivity contribution is 0.0418. The summed E-state index contributed by atoms with van der Waals surface area (Å²) in [7, 11) is 1.68. The minimum Gasteiger partial charge on any atom is -0.497 e. The minimum absolute atomic E-state index is 0.252. The predicted molar refractivity (Wildman–Crippen MR) is 92.1 cm³/mol. The van der Waals surface area contributed by atoms with Gasteiger partial charge in [0.15, 0.2) is 0 Å². The molecule has 0 radical (unpaired) electrons. The molecule has 0 aliphatic carbocycles. The van der Waals surface area contributed by atoms with Crippen molar-refractivity contribution in [3.05, 3.63) is 41.7 Å². The van der Waals surface area contributed by atoms with Crippen molar-refractivity contribution in [2.24, 2.45) is 0 Å². The predicted octanol–water partition coefficient (Wildman–Crippen LogP) is 2.00. The van der Waals surface area contributed by atoms with Crippen LogP contribution in [0.15, 0.2) is 30.5 Å². The fraction of sp³-hybridized carbons (Fsp3) is 0.556. The molecule has 0 unspecified atom stereocenters. The average Bonchev–Trinajstić information content (AvgIpc) is 3.21. The van der Waals surface area contributed by atoms with Crippen molar-refractivity contribution in [2.45, 2.75) is 38.3 Å². The molecule has 1 saturated heterocycles. The van der Waals surface area contributed by atoms with Crippen LogP contribution in [0.5, 0.6) is 5.75 Å². The van der Waals surface area contributed by atoms with E-state index in [-0.39, 0.29) is 6.04 Å². The number of nitrogens with zero attached hydrogens (tertiary/aromatic N) is 4. The van der Waals surface area contributed by atoms with Gasteiger partial charge in [-0.1, -0.05) is 17.3 Å². The second-order valence-electron chi connectivity index (χ2n) is 6.83. The fourth-order valence-electron chi connectivity index (χ4n) is 3.09. The molecule has 6 heteroatoms. The molecular weight excluding hydrogens is 304 g/mol. The van der Waals surface area contributed by atoms with E-state index in [0.717, 1.165) is 25.3 Å². The number of methoxy groups -OCH3 is 1. The summed E-state index contributed by atoms with van der Waals surface area (Å²) in [6.07, 6.45) is 3.53. The topological polar surface area (TPSA) is 63.4 Å². The molecular formula is C18H26N4O2. The highest BCUT2D eigenvalue weighted by Gasteiger charge is 2.39. The summed E-state index contributed by atoms with van der Waals surface area (Å²) in [5, 5.41) is 19.2. The Balaban J connectivity index is 1.57. The first-order valence-electron chi connectivity index (χ1n) is 8.50. The summed E-state index contributed by atoms with van der Waals surface area (Å²) < 4.78 is 6.98. The van der Waals surface area contributed by atoms with Gasteiger partial charge in [-0.25, -0.2) is 4.68 Å². The molecule has 6 nitrogen and oxygen atoms in total. The van der Waals surface area contributed by atoms with Gasteiger partial charge in [-0.3, -0.25) is 4.90 Å². The first-order valence-corrected chi connectivity index (χ1v) is 8.50. The lowest BCUT2D eigenvalue weighted by Crippen LogP contribution is -2.32. The molecule has 130 valence electrons. The van der Waals surface area contributed by atoms with Crippen LogP contribution in [-0.2, 0) is 12.0 Å². The van der Waals surface area contributed by atoms with Gasteiger partial charge < -0.3 is 9.84 Å². The van der Waals surface area contributed by atoms with Gasteiger partial charge in [0.25, 0.3) is 0 Å². The van der Waals surface area contributed by atoms with E-state index in [9.17, 15) is 5.11 Å². The summed E-state index contributed by atoms with van der Waals surface area (Å²) in [4.78, 5) is 2.29. The molecule has 24 heavy (non-hydrogen) atoms. The summed E-state index contributed by atoms with van der Waals surface area (Å²) in [6.45, 7) is 6.52. The normalized spacial score (nSPS) is 21.5. The monoisotopic (exact) mass is 330 g/mol. The quantitative estimate of drug-likeness (QED) is 0.878. The molecule has 2 heterocycles. The van der Waals surface area contributed by atoms with E-state index in [1.165, 1.54) is 5.56 Å². The smallest absolute Gasteiger partial charge is 0.124 e. The number of rotatable bonds is 6. The van der Waals surface area contributed by atoms with Crippen molar-refractivity contribution < 1.29 is 9.84 Å². The Labute approximate surface area is 143 Å². The van der Waals surface area contributed by atoms with Crippen LogP contribution in [0.1, 0.15) is 37.6 Å². The second-order valence-corrected chi connectivity index (χ2v) is 6.83. The fourth-order valence-corrected chi connectivity index (χ4v) is 3.09. The lowest BCUT2D eigenvalue weighted by atomic mass is 10.00. The highest BCUT2D eigenvalue weighted by atomic mass is 16.5. The third-order valence-electron chi connectivity index (χ3n) is 4.72. The van der Waals surface area contributed by atoms with Crippen LogP contribution in [-0.4, -0.2) is 51.7 Å². The van der Waals surface area contributed by atoms with E-state index in [2.05, 4.69) is 41.2 Å². The molecule has 1 aliphatic rings. The highest BCUT2D eigenvalue weighted by molar-refractivity contribution is 5.27. The van der Waals surface area contributed by atoms with Gasteiger partial charge in [0.2, 0.25) is 0 Å². The molecule has 2 aromatic rings. The molecule has 0 spiro atoms. The zero-order valence-corrected chi connectivity index (χ0v) is 14.6. The Kier molecular flexibility index (Phi) is 4.87. The maximum atomic E-state index is 10.9. The van der Waals surface area contributed by atoms with Gasteiger partial charge in [-0.2, -0.15) is 0 Å². The first kappa shape index (κ1) is 16.9. The third-order valence-corrected chi connectivity index (χ3v) is 4.72. The van der Waals surface area contributed by atoms with E-state index in [4.69, 9.17) is 4.74 Å². The number of aliphatic hydroxyl groups is 1. The molecule has 0 amide bonds. The number of hydrogen-bond donors (Lipinski definition) is 1. The van der Waals surface area contributed by atoms with Crippen LogP contribution < -0.4 is 4.74 Å². The maximum absolute atomic E-state index is 10.9. The summed E-state index contributed by atoms with van der Waals surface area (Å²) in [5.41, 5.74) is 1.08. The number of likely N-dealkylation sites (tertiary alicyclic amines) is 1. The van der Waals surface area contributed by atoms with Gasteiger partial charge in [0.05, 0.1) is 13.3 Å². The molecule has 0 bridgehead atoms. The van der Waals surface area contributed by atoms with Gasteiger partial charge >= 0.3 is 0 Å². The summed E-state index contributed by atoms with van der Waals surface area (Å²) in [5.74, 6) is 0.877. The maximum Gasteiger partial charge on any atom is 0.124 e. The molecule has 1 aliphatic heterocycles. The molecule has 1 aromatic heterocycles. The van der Waals surface area contributed by atoms with Crippen molar-refractivity contribution in [1.82, 2.24) is 19.9 Å². The average molecular weight is 330 g/mol. The Morgan fingerprint density at radius 2 is 2.04 bits per heavy atom. The zero-order chi connectivity index (χ0) is 17.2. The van der Waals surface area contributed by atoms with Crippen molar-refractivity contribution in [2.75, 3.05) is 26.7 Å². The van der Waals surface area contributed by atoms with Crippen LogP contribution in [0.25, 0.3) is 0 Å². The number of aromatic nitrogens is 3. The molecule has 1 N–H and O–H groups in total. The summed E-state index contributed by atoms with van der Waals surface area (Å²) in [6, 6.07) is 8.41. The van der Waals surface area contributed by atoms with E-state index < -0.39 is 5.60 Å². The van der Waals surface area contributed by atoms with Crippen molar-refractivity contribution in [3.8, 4) is 5.75 Å². The Morgan fingerprint density at radius 1 is 1.29 bits per heavy atom.